The molecule has 78 valence electrons. The molecule has 0 amide bonds. The van der Waals surface area contributed by atoms with Crippen molar-refractivity contribution in [3.63, 3.8) is 0 Å². The van der Waals surface area contributed by atoms with Crippen LogP contribution in [0.15, 0.2) is 30.4 Å². The number of ketones is 1. The average Bonchev–Trinajstić information content (AvgIpc) is 2.27. The number of fused-ring (bicyclic) bond motifs is 1. The highest BCUT2D eigenvalue weighted by molar-refractivity contribution is 6.08. The molecule has 2 rings (SSSR count). The molecule has 1 aromatic rings. The molecule has 2 heteroatoms. The standard InChI is InChI=1S/C13H15NO/c1-9(2)13(15)11-4-3-10-5-6-14-8-12(10)7-11/h3-4,7,14H,1,5-6,8H2,2H3. The maximum absolute atomic E-state index is 11.7. The van der Waals surface area contributed by atoms with E-state index in [9.17, 15) is 4.79 Å². The number of benzene rings is 1. The van der Waals surface area contributed by atoms with Crippen LogP contribution < -0.4 is 5.32 Å². The van der Waals surface area contributed by atoms with Gasteiger partial charge in [0.25, 0.3) is 0 Å². The lowest BCUT2D eigenvalue weighted by Gasteiger charge is -2.17. The molecule has 1 aliphatic rings. The van der Waals surface area contributed by atoms with E-state index in [0.717, 1.165) is 25.1 Å². The van der Waals surface area contributed by atoms with E-state index in [0.29, 0.717) is 5.57 Å². The van der Waals surface area contributed by atoms with E-state index in [2.05, 4.69) is 18.0 Å². The first-order valence-corrected chi connectivity index (χ1v) is 5.21. The minimum absolute atomic E-state index is 0.0448. The highest BCUT2D eigenvalue weighted by atomic mass is 16.1. The van der Waals surface area contributed by atoms with E-state index in [1.165, 1.54) is 11.1 Å². The second-order valence-electron chi connectivity index (χ2n) is 4.02. The number of allylic oxidation sites excluding steroid dienone is 1. The molecule has 0 radical (unpaired) electrons. The largest absolute Gasteiger partial charge is 0.312 e. The van der Waals surface area contributed by atoms with Crippen LogP contribution in [0.3, 0.4) is 0 Å². The molecule has 0 atom stereocenters. The third-order valence-electron chi connectivity index (χ3n) is 2.74. The number of hydrogen-bond acceptors (Lipinski definition) is 2. The third-order valence-corrected chi connectivity index (χ3v) is 2.74. The maximum atomic E-state index is 11.7. The van der Waals surface area contributed by atoms with Crippen molar-refractivity contribution in [2.45, 2.75) is 19.9 Å². The number of carbonyl (C=O) groups is 1. The summed E-state index contributed by atoms with van der Waals surface area (Å²) in [6.07, 6.45) is 1.05. The third kappa shape index (κ3) is 2.00. The summed E-state index contributed by atoms with van der Waals surface area (Å²) in [5, 5.41) is 3.30. The fraction of sp³-hybridized carbons (Fsp3) is 0.308. The predicted molar refractivity (Wildman–Crippen MR) is 61.0 cm³/mol. The van der Waals surface area contributed by atoms with Crippen LogP contribution in [0.25, 0.3) is 0 Å². The van der Waals surface area contributed by atoms with Gasteiger partial charge in [0.2, 0.25) is 0 Å². The Balaban J connectivity index is 2.36. The van der Waals surface area contributed by atoms with Gasteiger partial charge in [0.1, 0.15) is 0 Å². The summed E-state index contributed by atoms with van der Waals surface area (Å²) in [5.74, 6) is 0.0448. The quantitative estimate of drug-likeness (QED) is 0.586. The van der Waals surface area contributed by atoms with Gasteiger partial charge in [0.05, 0.1) is 0 Å². The van der Waals surface area contributed by atoms with Crippen LogP contribution in [0.5, 0.6) is 0 Å². The Kier molecular flexibility index (Phi) is 2.69. The van der Waals surface area contributed by atoms with E-state index in [4.69, 9.17) is 0 Å². The molecule has 0 spiro atoms. The first-order chi connectivity index (χ1) is 7.18. The Morgan fingerprint density at radius 2 is 2.20 bits per heavy atom. The van der Waals surface area contributed by atoms with E-state index in [1.54, 1.807) is 6.92 Å². The fourth-order valence-electron chi connectivity index (χ4n) is 1.87. The Bertz CT molecular complexity index is 421. The molecular weight excluding hydrogens is 186 g/mol. The molecule has 0 fully saturated rings. The van der Waals surface area contributed by atoms with Crippen LogP contribution in [-0.4, -0.2) is 12.3 Å². The normalized spacial score (nSPS) is 14.5. The lowest BCUT2D eigenvalue weighted by Crippen LogP contribution is -2.23. The molecule has 1 heterocycles. The van der Waals surface area contributed by atoms with Gasteiger partial charge < -0.3 is 5.32 Å². The van der Waals surface area contributed by atoms with Crippen LogP contribution in [-0.2, 0) is 13.0 Å². The van der Waals surface area contributed by atoms with Crippen molar-refractivity contribution in [1.29, 1.82) is 0 Å². The van der Waals surface area contributed by atoms with Gasteiger partial charge in [0.15, 0.2) is 5.78 Å². The van der Waals surface area contributed by atoms with Gasteiger partial charge in [-0.1, -0.05) is 18.7 Å². The summed E-state index contributed by atoms with van der Waals surface area (Å²) in [6, 6.07) is 5.95. The molecule has 15 heavy (non-hydrogen) atoms. The van der Waals surface area contributed by atoms with E-state index in [-0.39, 0.29) is 5.78 Å². The van der Waals surface area contributed by atoms with Crippen molar-refractivity contribution < 1.29 is 4.79 Å². The topological polar surface area (TPSA) is 29.1 Å². The number of carbonyl (C=O) groups excluding carboxylic acids is 1. The Labute approximate surface area is 90.0 Å². The summed E-state index contributed by atoms with van der Waals surface area (Å²) in [6.45, 7) is 7.32. The van der Waals surface area contributed by atoms with Crippen LogP contribution in [0, 0.1) is 0 Å². The van der Waals surface area contributed by atoms with Crippen molar-refractivity contribution in [2.75, 3.05) is 6.54 Å². The van der Waals surface area contributed by atoms with Crippen LogP contribution >= 0.6 is 0 Å². The summed E-state index contributed by atoms with van der Waals surface area (Å²) in [4.78, 5) is 11.7. The zero-order chi connectivity index (χ0) is 10.8. The number of Topliss-reactive ketones (excluding diaryl/α,β-unsaturated/α-hetero) is 1. The summed E-state index contributed by atoms with van der Waals surface area (Å²) in [7, 11) is 0. The van der Waals surface area contributed by atoms with Gasteiger partial charge in [0, 0.05) is 12.1 Å². The highest BCUT2D eigenvalue weighted by Crippen LogP contribution is 2.17. The number of rotatable bonds is 2. The number of hydrogen-bond donors (Lipinski definition) is 1. The molecule has 1 N–H and O–H groups in total. The SMILES string of the molecule is C=C(C)C(=O)c1ccc2c(c1)CNCC2. The Morgan fingerprint density at radius 3 is 2.93 bits per heavy atom. The molecule has 0 saturated heterocycles. The summed E-state index contributed by atoms with van der Waals surface area (Å²) >= 11 is 0. The molecule has 0 bridgehead atoms. The maximum Gasteiger partial charge on any atom is 0.188 e. The molecule has 1 aliphatic heterocycles. The van der Waals surface area contributed by atoms with Gasteiger partial charge in [-0.05, 0) is 42.7 Å². The predicted octanol–water partition coefficient (Wildman–Crippen LogP) is 2.09. The lowest BCUT2D eigenvalue weighted by molar-refractivity contribution is 0.103. The van der Waals surface area contributed by atoms with Crippen LogP contribution in [0.2, 0.25) is 0 Å². The number of nitrogens with one attached hydrogen (secondary N) is 1. The molecule has 2 nitrogen and oxygen atoms in total. The second kappa shape index (κ2) is 3.99. The fourth-order valence-corrected chi connectivity index (χ4v) is 1.87. The van der Waals surface area contributed by atoms with E-state index >= 15 is 0 Å². The van der Waals surface area contributed by atoms with Crippen LogP contribution in [0.1, 0.15) is 28.4 Å². The summed E-state index contributed by atoms with van der Waals surface area (Å²) < 4.78 is 0. The lowest BCUT2D eigenvalue weighted by atomic mass is 9.96. The smallest absolute Gasteiger partial charge is 0.188 e. The molecule has 0 unspecified atom stereocenters. The van der Waals surface area contributed by atoms with Gasteiger partial charge >= 0.3 is 0 Å². The highest BCUT2D eigenvalue weighted by Gasteiger charge is 2.12. The monoisotopic (exact) mass is 201 g/mol. The molecule has 1 aromatic carbocycles. The molecule has 0 aliphatic carbocycles. The van der Waals surface area contributed by atoms with E-state index < -0.39 is 0 Å². The first kappa shape index (κ1) is 10.1. The molecule has 0 aromatic heterocycles. The zero-order valence-electron chi connectivity index (χ0n) is 8.97. The first-order valence-electron chi connectivity index (χ1n) is 5.21. The summed E-state index contributed by atoms with van der Waals surface area (Å²) in [5.41, 5.74) is 3.95. The minimum atomic E-state index is 0.0448. The van der Waals surface area contributed by atoms with Gasteiger partial charge in [-0.25, -0.2) is 0 Å². The van der Waals surface area contributed by atoms with Crippen molar-refractivity contribution in [2.24, 2.45) is 0 Å². The Morgan fingerprint density at radius 1 is 1.40 bits per heavy atom. The molecule has 0 saturated carbocycles. The van der Waals surface area contributed by atoms with Crippen molar-refractivity contribution >= 4 is 5.78 Å². The van der Waals surface area contributed by atoms with Crippen molar-refractivity contribution in [3.05, 3.63) is 47.0 Å². The average molecular weight is 201 g/mol. The Hall–Kier alpha value is -1.41. The van der Waals surface area contributed by atoms with Gasteiger partial charge in [-0.15, -0.1) is 0 Å². The van der Waals surface area contributed by atoms with Crippen molar-refractivity contribution in [3.8, 4) is 0 Å². The molecular formula is C13H15NO. The van der Waals surface area contributed by atoms with Crippen LogP contribution in [0.4, 0.5) is 0 Å². The zero-order valence-corrected chi connectivity index (χ0v) is 8.97. The van der Waals surface area contributed by atoms with Gasteiger partial charge in [-0.2, -0.15) is 0 Å². The van der Waals surface area contributed by atoms with Gasteiger partial charge in [-0.3, -0.25) is 4.79 Å². The minimum Gasteiger partial charge on any atom is -0.312 e. The van der Waals surface area contributed by atoms with Crippen molar-refractivity contribution in [1.82, 2.24) is 5.32 Å². The second-order valence-corrected chi connectivity index (χ2v) is 4.02. The van der Waals surface area contributed by atoms with E-state index in [1.807, 2.05) is 12.1 Å².